The Kier molecular flexibility index (Phi) is 5.23. The molecule has 0 radical (unpaired) electrons. The summed E-state index contributed by atoms with van der Waals surface area (Å²) in [7, 11) is 0. The van der Waals surface area contributed by atoms with Crippen LogP contribution < -0.4 is 10.5 Å². The van der Waals surface area contributed by atoms with Crippen LogP contribution in [-0.4, -0.2) is 9.78 Å². The van der Waals surface area contributed by atoms with Crippen molar-refractivity contribution in [1.82, 2.24) is 9.78 Å². The molecule has 1 unspecified atom stereocenters. The molecule has 1 aromatic heterocycles. The average Bonchev–Trinajstić information content (AvgIpc) is 3.06. The fourth-order valence-corrected chi connectivity index (χ4v) is 4.14. The van der Waals surface area contributed by atoms with Gasteiger partial charge in [0, 0.05) is 10.0 Å². The van der Waals surface area contributed by atoms with E-state index in [1.54, 1.807) is 16.8 Å². The normalized spacial score (nSPS) is 15.6. The van der Waals surface area contributed by atoms with E-state index in [1.807, 2.05) is 36.4 Å². The summed E-state index contributed by atoms with van der Waals surface area (Å²) < 4.78 is 7.66. The molecule has 2 heterocycles. The number of nitrogens with two attached hydrogens (primary N) is 1. The van der Waals surface area contributed by atoms with Crippen molar-refractivity contribution in [2.75, 3.05) is 0 Å². The highest BCUT2D eigenvalue weighted by Crippen LogP contribution is 2.47. The quantitative estimate of drug-likeness (QED) is 0.611. The molecule has 1 aliphatic heterocycles. The Morgan fingerprint density at radius 1 is 1.21 bits per heavy atom. The van der Waals surface area contributed by atoms with E-state index in [2.05, 4.69) is 13.0 Å². The van der Waals surface area contributed by atoms with E-state index in [4.69, 9.17) is 38.8 Å². The Hall–Kier alpha value is -2.94. The van der Waals surface area contributed by atoms with Gasteiger partial charge in [0.25, 0.3) is 0 Å². The highest BCUT2D eigenvalue weighted by molar-refractivity contribution is 6.35. The fraction of sp³-hybridized carbons (Fsp3) is 0.182. The molecule has 2 aromatic carbocycles. The van der Waals surface area contributed by atoms with E-state index in [0.717, 1.165) is 35.3 Å². The minimum atomic E-state index is -0.479. The lowest BCUT2D eigenvalue weighted by molar-refractivity contribution is 0.367. The van der Waals surface area contributed by atoms with Gasteiger partial charge in [-0.2, -0.15) is 10.4 Å². The maximum Gasteiger partial charge on any atom is 0.229 e. The lowest BCUT2D eigenvalue weighted by atomic mass is 9.83. The third kappa shape index (κ3) is 3.35. The van der Waals surface area contributed by atoms with Gasteiger partial charge < -0.3 is 10.5 Å². The molecule has 3 aromatic rings. The number of nitriles is 1. The molecule has 0 saturated carbocycles. The maximum absolute atomic E-state index is 9.84. The van der Waals surface area contributed by atoms with E-state index < -0.39 is 5.92 Å². The number of nitrogens with zero attached hydrogens (tertiary/aromatic N) is 3. The van der Waals surface area contributed by atoms with Crippen LogP contribution in [0.2, 0.25) is 10.0 Å². The van der Waals surface area contributed by atoms with Gasteiger partial charge in [0.15, 0.2) is 0 Å². The number of halogens is 2. The predicted octanol–water partition coefficient (Wildman–Crippen LogP) is 5.35. The minimum Gasteiger partial charge on any atom is -0.422 e. The van der Waals surface area contributed by atoms with Gasteiger partial charge in [0.2, 0.25) is 11.8 Å². The number of aryl methyl sites for hydroxylation is 1. The van der Waals surface area contributed by atoms with Gasteiger partial charge in [0.05, 0.1) is 22.9 Å². The number of fused-ring (bicyclic) bond motifs is 1. The standard InChI is InChI=1S/C22H18Cl2N4O/c1-2-6-18-20-19(15-10-9-13(23)11-17(15)24)16(12-25)21(26)29-22(20)28(27-18)14-7-4-3-5-8-14/h3-5,7-11,19H,2,6,26H2,1H3. The van der Waals surface area contributed by atoms with Gasteiger partial charge in [0.1, 0.15) is 11.6 Å². The van der Waals surface area contributed by atoms with E-state index >= 15 is 0 Å². The number of aromatic nitrogens is 2. The Labute approximate surface area is 178 Å². The molecule has 29 heavy (non-hydrogen) atoms. The van der Waals surface area contributed by atoms with Crippen LogP contribution in [0.5, 0.6) is 5.88 Å². The van der Waals surface area contributed by atoms with Crippen molar-refractivity contribution in [2.24, 2.45) is 5.73 Å². The van der Waals surface area contributed by atoms with Crippen LogP contribution in [0.1, 0.15) is 36.1 Å². The summed E-state index contributed by atoms with van der Waals surface area (Å²) in [6.07, 6.45) is 1.62. The zero-order valence-electron chi connectivity index (χ0n) is 15.7. The number of hydrogen-bond donors (Lipinski definition) is 1. The van der Waals surface area contributed by atoms with E-state index in [0.29, 0.717) is 21.5 Å². The Bertz CT molecular complexity index is 1150. The van der Waals surface area contributed by atoms with Crippen molar-refractivity contribution in [1.29, 1.82) is 5.26 Å². The van der Waals surface area contributed by atoms with Gasteiger partial charge >= 0.3 is 0 Å². The number of para-hydroxylation sites is 1. The van der Waals surface area contributed by atoms with E-state index in [1.165, 1.54) is 0 Å². The van der Waals surface area contributed by atoms with Crippen LogP contribution in [0.3, 0.4) is 0 Å². The summed E-state index contributed by atoms with van der Waals surface area (Å²) in [5.74, 6) is 0.0795. The second-order valence-electron chi connectivity index (χ2n) is 6.75. The van der Waals surface area contributed by atoms with E-state index in [9.17, 15) is 5.26 Å². The summed E-state index contributed by atoms with van der Waals surface area (Å²) in [6, 6.07) is 17.1. The first-order valence-corrected chi connectivity index (χ1v) is 10.0. The van der Waals surface area contributed by atoms with Crippen molar-refractivity contribution in [3.63, 3.8) is 0 Å². The summed E-state index contributed by atoms with van der Waals surface area (Å²) in [5.41, 5.74) is 9.73. The topological polar surface area (TPSA) is 76.9 Å². The molecule has 7 heteroatoms. The van der Waals surface area contributed by atoms with Gasteiger partial charge in [-0.15, -0.1) is 0 Å². The molecule has 1 atom stereocenters. The molecule has 0 fully saturated rings. The molecule has 0 aliphatic carbocycles. The van der Waals surface area contributed by atoms with Crippen molar-refractivity contribution in [3.8, 4) is 17.6 Å². The maximum atomic E-state index is 9.84. The first-order valence-electron chi connectivity index (χ1n) is 9.24. The molecule has 0 saturated heterocycles. The zero-order chi connectivity index (χ0) is 20.5. The molecular formula is C22H18Cl2N4O. The summed E-state index contributed by atoms with van der Waals surface area (Å²) >= 11 is 12.6. The molecule has 0 amide bonds. The molecule has 146 valence electrons. The largest absolute Gasteiger partial charge is 0.422 e. The second-order valence-corrected chi connectivity index (χ2v) is 7.60. The summed E-state index contributed by atoms with van der Waals surface area (Å²) in [5, 5.41) is 15.6. The monoisotopic (exact) mass is 424 g/mol. The van der Waals surface area contributed by atoms with Gasteiger partial charge in [-0.05, 0) is 36.2 Å². The van der Waals surface area contributed by atoms with E-state index in [-0.39, 0.29) is 5.88 Å². The molecular weight excluding hydrogens is 407 g/mol. The van der Waals surface area contributed by atoms with Crippen molar-refractivity contribution in [3.05, 3.63) is 86.9 Å². The fourth-order valence-electron chi connectivity index (χ4n) is 3.62. The van der Waals surface area contributed by atoms with Crippen LogP contribution in [-0.2, 0) is 6.42 Å². The van der Waals surface area contributed by atoms with Gasteiger partial charge in [-0.3, -0.25) is 0 Å². The highest BCUT2D eigenvalue weighted by Gasteiger charge is 2.37. The van der Waals surface area contributed by atoms with Gasteiger partial charge in [-0.1, -0.05) is 60.8 Å². The van der Waals surface area contributed by atoms with Crippen LogP contribution in [0.15, 0.2) is 60.0 Å². The van der Waals surface area contributed by atoms with Crippen LogP contribution >= 0.6 is 23.2 Å². The smallest absolute Gasteiger partial charge is 0.229 e. The molecule has 5 nitrogen and oxygen atoms in total. The molecule has 0 bridgehead atoms. The second kappa shape index (κ2) is 7.82. The van der Waals surface area contributed by atoms with Crippen LogP contribution in [0.25, 0.3) is 5.69 Å². The molecule has 1 aliphatic rings. The molecule has 2 N–H and O–H groups in total. The summed E-state index contributed by atoms with van der Waals surface area (Å²) in [6.45, 7) is 2.08. The number of hydrogen-bond acceptors (Lipinski definition) is 4. The third-order valence-electron chi connectivity index (χ3n) is 4.89. The first kappa shape index (κ1) is 19.4. The minimum absolute atomic E-state index is 0.0520. The first-order chi connectivity index (χ1) is 14.0. The lowest BCUT2D eigenvalue weighted by Gasteiger charge is -2.26. The van der Waals surface area contributed by atoms with Crippen molar-refractivity contribution in [2.45, 2.75) is 25.7 Å². The highest BCUT2D eigenvalue weighted by atomic mass is 35.5. The SMILES string of the molecule is CCCc1nn(-c2ccccc2)c2c1C(c1ccc(Cl)cc1Cl)C(C#N)=C(N)O2. The zero-order valence-corrected chi connectivity index (χ0v) is 17.2. The van der Waals surface area contributed by atoms with Crippen molar-refractivity contribution < 1.29 is 4.74 Å². The van der Waals surface area contributed by atoms with Crippen LogP contribution in [0.4, 0.5) is 0 Å². The Morgan fingerprint density at radius 2 is 1.97 bits per heavy atom. The molecule has 4 rings (SSSR count). The Morgan fingerprint density at radius 3 is 2.62 bits per heavy atom. The number of ether oxygens (including phenoxy) is 1. The average molecular weight is 425 g/mol. The summed E-state index contributed by atoms with van der Waals surface area (Å²) in [4.78, 5) is 0. The van der Waals surface area contributed by atoms with Crippen molar-refractivity contribution >= 4 is 23.2 Å². The number of benzene rings is 2. The molecule has 0 spiro atoms. The lowest BCUT2D eigenvalue weighted by Crippen LogP contribution is -2.22. The van der Waals surface area contributed by atoms with Gasteiger partial charge in [-0.25, -0.2) is 4.68 Å². The predicted molar refractivity (Wildman–Crippen MR) is 113 cm³/mol. The Balaban J connectivity index is 2.01. The third-order valence-corrected chi connectivity index (χ3v) is 5.45. The number of rotatable bonds is 4. The van der Waals surface area contributed by atoms with Crippen LogP contribution in [0, 0.1) is 11.3 Å². The number of allylic oxidation sites excluding steroid dienone is 1.